The lowest BCUT2D eigenvalue weighted by atomic mass is 10.2. The van der Waals surface area contributed by atoms with Gasteiger partial charge in [-0.1, -0.05) is 6.07 Å². The molecular formula is C21H22N4O2. The van der Waals surface area contributed by atoms with Gasteiger partial charge in [0.1, 0.15) is 11.6 Å². The van der Waals surface area contributed by atoms with Gasteiger partial charge in [-0.15, -0.1) is 0 Å². The Balaban J connectivity index is 1.59. The third-order valence-corrected chi connectivity index (χ3v) is 4.21. The summed E-state index contributed by atoms with van der Waals surface area (Å²) in [4.78, 5) is 22.9. The Morgan fingerprint density at radius 3 is 2.67 bits per heavy atom. The van der Waals surface area contributed by atoms with E-state index in [-0.39, 0.29) is 5.91 Å². The summed E-state index contributed by atoms with van der Waals surface area (Å²) in [5.41, 5.74) is 2.41. The van der Waals surface area contributed by atoms with E-state index in [2.05, 4.69) is 20.2 Å². The smallest absolute Gasteiger partial charge is 0.257 e. The molecule has 0 aliphatic carbocycles. The summed E-state index contributed by atoms with van der Waals surface area (Å²) in [5.74, 6) is 1.31. The second kappa shape index (κ2) is 8.80. The van der Waals surface area contributed by atoms with Gasteiger partial charge in [-0.25, -0.2) is 4.98 Å². The molecule has 1 amide bonds. The molecule has 6 heteroatoms. The highest BCUT2D eigenvalue weighted by Gasteiger charge is 2.09. The largest absolute Gasteiger partial charge is 0.497 e. The van der Waals surface area contributed by atoms with E-state index < -0.39 is 0 Å². The standard InChI is InChI=1S/C21H22N4O2/c1-25(13-10-16-8-11-22-12-9-16)20-7-6-17(15-23-20)21(26)24-18-4-3-5-19(14-18)27-2/h3-9,11-12,14-15H,10,13H2,1-2H3,(H,24,26). The Bertz CT molecular complexity index is 882. The summed E-state index contributed by atoms with van der Waals surface area (Å²) in [6.45, 7) is 0.826. The van der Waals surface area contributed by atoms with Crippen LogP contribution in [0.2, 0.25) is 0 Å². The van der Waals surface area contributed by atoms with Gasteiger partial charge in [0, 0.05) is 43.9 Å². The topological polar surface area (TPSA) is 67.3 Å². The van der Waals surface area contributed by atoms with Gasteiger partial charge >= 0.3 is 0 Å². The van der Waals surface area contributed by atoms with E-state index in [4.69, 9.17) is 4.74 Å². The number of likely N-dealkylation sites (N-methyl/N-ethyl adjacent to an activating group) is 1. The Morgan fingerprint density at radius 1 is 1.15 bits per heavy atom. The number of anilines is 2. The number of methoxy groups -OCH3 is 1. The first kappa shape index (κ1) is 18.4. The molecule has 0 bridgehead atoms. The van der Waals surface area contributed by atoms with E-state index in [0.717, 1.165) is 18.8 Å². The quantitative estimate of drug-likeness (QED) is 0.698. The van der Waals surface area contributed by atoms with Crippen molar-refractivity contribution in [2.75, 3.05) is 30.9 Å². The summed E-state index contributed by atoms with van der Waals surface area (Å²) in [5, 5.41) is 2.85. The van der Waals surface area contributed by atoms with Crippen molar-refractivity contribution in [3.8, 4) is 5.75 Å². The van der Waals surface area contributed by atoms with E-state index >= 15 is 0 Å². The molecule has 3 rings (SSSR count). The lowest BCUT2D eigenvalue weighted by molar-refractivity contribution is 0.102. The fourth-order valence-electron chi connectivity index (χ4n) is 2.61. The first-order valence-electron chi connectivity index (χ1n) is 8.67. The summed E-state index contributed by atoms with van der Waals surface area (Å²) in [7, 11) is 3.58. The third-order valence-electron chi connectivity index (χ3n) is 4.21. The van der Waals surface area contributed by atoms with E-state index in [0.29, 0.717) is 17.0 Å². The molecule has 0 unspecified atom stereocenters. The molecule has 27 heavy (non-hydrogen) atoms. The number of carbonyl (C=O) groups excluding carboxylic acids is 1. The Hall–Kier alpha value is -3.41. The van der Waals surface area contributed by atoms with Crippen molar-refractivity contribution in [1.29, 1.82) is 0 Å². The molecule has 1 N–H and O–H groups in total. The molecule has 138 valence electrons. The van der Waals surface area contributed by atoms with Crippen LogP contribution in [-0.2, 0) is 6.42 Å². The number of benzene rings is 1. The average Bonchev–Trinajstić information content (AvgIpc) is 2.73. The number of pyridine rings is 2. The SMILES string of the molecule is COc1cccc(NC(=O)c2ccc(N(C)CCc3ccncc3)nc2)c1. The van der Waals surface area contributed by atoms with Gasteiger partial charge in [-0.2, -0.15) is 0 Å². The predicted octanol–water partition coefficient (Wildman–Crippen LogP) is 3.42. The second-order valence-electron chi connectivity index (χ2n) is 6.12. The zero-order valence-corrected chi connectivity index (χ0v) is 15.4. The number of ether oxygens (including phenoxy) is 1. The normalized spacial score (nSPS) is 10.3. The van der Waals surface area contributed by atoms with Gasteiger partial charge in [0.05, 0.1) is 12.7 Å². The summed E-state index contributed by atoms with van der Waals surface area (Å²) in [6.07, 6.45) is 6.08. The minimum absolute atomic E-state index is 0.207. The van der Waals surface area contributed by atoms with E-state index in [1.165, 1.54) is 5.56 Å². The highest BCUT2D eigenvalue weighted by molar-refractivity contribution is 6.04. The molecule has 1 aromatic carbocycles. The van der Waals surface area contributed by atoms with Crippen molar-refractivity contribution in [2.45, 2.75) is 6.42 Å². The molecule has 6 nitrogen and oxygen atoms in total. The van der Waals surface area contributed by atoms with Crippen LogP contribution in [0.3, 0.4) is 0 Å². The van der Waals surface area contributed by atoms with Crippen LogP contribution in [0.5, 0.6) is 5.75 Å². The van der Waals surface area contributed by atoms with Crippen LogP contribution in [0.25, 0.3) is 0 Å². The van der Waals surface area contributed by atoms with Crippen molar-refractivity contribution in [3.05, 3.63) is 78.2 Å². The van der Waals surface area contributed by atoms with Crippen LogP contribution < -0.4 is 15.0 Å². The lowest BCUT2D eigenvalue weighted by Gasteiger charge is -2.18. The molecule has 0 aliphatic rings. The number of carbonyl (C=O) groups is 1. The molecule has 0 aliphatic heterocycles. The second-order valence-corrected chi connectivity index (χ2v) is 6.12. The fourth-order valence-corrected chi connectivity index (χ4v) is 2.61. The summed E-state index contributed by atoms with van der Waals surface area (Å²) in [6, 6.07) is 14.9. The van der Waals surface area contributed by atoms with Crippen LogP contribution in [0.15, 0.2) is 67.1 Å². The lowest BCUT2D eigenvalue weighted by Crippen LogP contribution is -2.21. The molecule has 0 saturated heterocycles. The molecule has 2 aromatic heterocycles. The fraction of sp³-hybridized carbons (Fsp3) is 0.190. The monoisotopic (exact) mass is 362 g/mol. The molecule has 0 saturated carbocycles. The van der Waals surface area contributed by atoms with Crippen LogP contribution in [0.4, 0.5) is 11.5 Å². The number of hydrogen-bond acceptors (Lipinski definition) is 5. The van der Waals surface area contributed by atoms with E-state index in [1.807, 2.05) is 43.4 Å². The average molecular weight is 362 g/mol. The summed E-state index contributed by atoms with van der Waals surface area (Å²) < 4.78 is 5.17. The maximum atomic E-state index is 12.4. The zero-order valence-electron chi connectivity index (χ0n) is 15.4. The van der Waals surface area contributed by atoms with Gasteiger partial charge < -0.3 is 15.0 Å². The Morgan fingerprint density at radius 2 is 1.96 bits per heavy atom. The molecule has 0 spiro atoms. The summed E-state index contributed by atoms with van der Waals surface area (Å²) >= 11 is 0. The van der Waals surface area contributed by atoms with Crippen LogP contribution in [-0.4, -0.2) is 36.6 Å². The minimum Gasteiger partial charge on any atom is -0.497 e. The number of aromatic nitrogens is 2. The molecule has 2 heterocycles. The van der Waals surface area contributed by atoms with Gasteiger partial charge in [0.2, 0.25) is 0 Å². The van der Waals surface area contributed by atoms with Gasteiger partial charge in [-0.05, 0) is 48.4 Å². The zero-order chi connectivity index (χ0) is 19.1. The van der Waals surface area contributed by atoms with Crippen molar-refractivity contribution in [1.82, 2.24) is 9.97 Å². The van der Waals surface area contributed by atoms with Crippen LogP contribution >= 0.6 is 0 Å². The molecular weight excluding hydrogens is 340 g/mol. The maximum absolute atomic E-state index is 12.4. The number of hydrogen-bond donors (Lipinski definition) is 1. The number of amides is 1. The van der Waals surface area contributed by atoms with Crippen molar-refractivity contribution in [3.63, 3.8) is 0 Å². The Kier molecular flexibility index (Phi) is 5.99. The van der Waals surface area contributed by atoms with Crippen molar-refractivity contribution < 1.29 is 9.53 Å². The minimum atomic E-state index is -0.207. The Labute approximate surface area is 158 Å². The third kappa shape index (κ3) is 5.04. The maximum Gasteiger partial charge on any atom is 0.257 e. The number of nitrogens with zero attached hydrogens (tertiary/aromatic N) is 3. The van der Waals surface area contributed by atoms with Gasteiger partial charge in [-0.3, -0.25) is 9.78 Å². The van der Waals surface area contributed by atoms with Crippen molar-refractivity contribution in [2.24, 2.45) is 0 Å². The predicted molar refractivity (Wildman–Crippen MR) is 106 cm³/mol. The van der Waals surface area contributed by atoms with Crippen LogP contribution in [0, 0.1) is 0 Å². The van der Waals surface area contributed by atoms with Gasteiger partial charge in [0.25, 0.3) is 5.91 Å². The first-order chi connectivity index (χ1) is 13.2. The molecule has 3 aromatic rings. The molecule has 0 atom stereocenters. The van der Waals surface area contributed by atoms with Gasteiger partial charge in [0.15, 0.2) is 0 Å². The van der Waals surface area contributed by atoms with Crippen molar-refractivity contribution >= 4 is 17.4 Å². The molecule has 0 radical (unpaired) electrons. The molecule has 0 fully saturated rings. The van der Waals surface area contributed by atoms with E-state index in [9.17, 15) is 4.79 Å². The highest BCUT2D eigenvalue weighted by atomic mass is 16.5. The van der Waals surface area contributed by atoms with E-state index in [1.54, 1.807) is 37.8 Å². The first-order valence-corrected chi connectivity index (χ1v) is 8.67. The van der Waals surface area contributed by atoms with Crippen LogP contribution in [0.1, 0.15) is 15.9 Å². The number of rotatable bonds is 7. The number of nitrogens with one attached hydrogen (secondary N) is 1. The highest BCUT2D eigenvalue weighted by Crippen LogP contribution is 2.18.